The summed E-state index contributed by atoms with van der Waals surface area (Å²) in [7, 11) is 0. The molecule has 162 valence electrons. The Kier molecular flexibility index (Phi) is 5.49. The van der Waals surface area contributed by atoms with Crippen molar-refractivity contribution in [3.05, 3.63) is 78.1 Å². The first-order valence-electron chi connectivity index (χ1n) is 9.56. The average Bonchev–Trinajstić information content (AvgIpc) is 2.72. The third-order valence-electron chi connectivity index (χ3n) is 5.20. The van der Waals surface area contributed by atoms with Crippen LogP contribution >= 0.6 is 0 Å². The predicted molar refractivity (Wildman–Crippen MR) is 108 cm³/mol. The highest BCUT2D eigenvalue weighted by molar-refractivity contribution is 5.80. The maximum atomic E-state index is 13.8. The Morgan fingerprint density at radius 3 is 2.48 bits per heavy atom. The molecule has 0 saturated heterocycles. The minimum absolute atomic E-state index is 0.0205. The maximum absolute atomic E-state index is 13.8. The van der Waals surface area contributed by atoms with E-state index in [0.717, 1.165) is 0 Å². The number of aliphatic hydroxyl groups is 1. The third kappa shape index (κ3) is 4.29. The fourth-order valence-electron chi connectivity index (χ4n) is 3.73. The SMILES string of the molecule is Oc1cccc(C2COc3c(-c4cccc(F)c4)cccc3N2CC(O)C(F)(F)F)c1. The molecule has 1 aliphatic heterocycles. The van der Waals surface area contributed by atoms with Crippen LogP contribution in [0.25, 0.3) is 11.1 Å². The molecule has 3 aromatic carbocycles. The van der Waals surface area contributed by atoms with Crippen molar-refractivity contribution >= 4 is 5.69 Å². The summed E-state index contributed by atoms with van der Waals surface area (Å²) in [5.41, 5.74) is 1.92. The summed E-state index contributed by atoms with van der Waals surface area (Å²) in [6, 6.07) is 16.2. The molecule has 8 heteroatoms. The van der Waals surface area contributed by atoms with Gasteiger partial charge in [-0.25, -0.2) is 4.39 Å². The summed E-state index contributed by atoms with van der Waals surface area (Å²) in [5, 5.41) is 19.6. The van der Waals surface area contributed by atoms with E-state index in [-0.39, 0.29) is 12.4 Å². The summed E-state index contributed by atoms with van der Waals surface area (Å²) in [6.45, 7) is -0.750. The number of para-hydroxylation sites is 1. The van der Waals surface area contributed by atoms with Crippen LogP contribution in [0.5, 0.6) is 11.5 Å². The van der Waals surface area contributed by atoms with Crippen LogP contribution in [0.3, 0.4) is 0 Å². The van der Waals surface area contributed by atoms with Crippen molar-refractivity contribution in [3.63, 3.8) is 0 Å². The summed E-state index contributed by atoms with van der Waals surface area (Å²) >= 11 is 0. The van der Waals surface area contributed by atoms with Crippen LogP contribution in [0.15, 0.2) is 66.7 Å². The lowest BCUT2D eigenvalue weighted by Crippen LogP contribution is -2.46. The van der Waals surface area contributed by atoms with Crippen LogP contribution in [0.2, 0.25) is 0 Å². The van der Waals surface area contributed by atoms with Crippen LogP contribution in [0.4, 0.5) is 23.2 Å². The van der Waals surface area contributed by atoms with Gasteiger partial charge in [0.1, 0.15) is 18.2 Å². The van der Waals surface area contributed by atoms with E-state index in [2.05, 4.69) is 0 Å². The van der Waals surface area contributed by atoms with Gasteiger partial charge in [-0.1, -0.05) is 36.4 Å². The van der Waals surface area contributed by atoms with Gasteiger partial charge in [-0.05, 0) is 41.5 Å². The molecule has 2 atom stereocenters. The highest BCUT2D eigenvalue weighted by Crippen LogP contribution is 2.46. The summed E-state index contributed by atoms with van der Waals surface area (Å²) in [5.74, 6) is -0.181. The predicted octanol–water partition coefficient (Wildman–Crippen LogP) is 5.06. The lowest BCUT2D eigenvalue weighted by Gasteiger charge is -2.40. The van der Waals surface area contributed by atoms with Crippen LogP contribution in [-0.4, -0.2) is 35.6 Å². The maximum Gasteiger partial charge on any atom is 0.416 e. The van der Waals surface area contributed by atoms with Crippen LogP contribution < -0.4 is 9.64 Å². The topological polar surface area (TPSA) is 52.9 Å². The molecule has 0 amide bonds. The molecule has 2 N–H and O–H groups in total. The number of ether oxygens (including phenoxy) is 1. The molecular formula is C23H19F4NO3. The highest BCUT2D eigenvalue weighted by Gasteiger charge is 2.42. The van der Waals surface area contributed by atoms with Crippen molar-refractivity contribution in [3.8, 4) is 22.6 Å². The molecule has 4 rings (SSSR count). The Bertz CT molecular complexity index is 1090. The molecule has 3 aromatic rings. The van der Waals surface area contributed by atoms with Crippen molar-refractivity contribution in [2.45, 2.75) is 18.3 Å². The van der Waals surface area contributed by atoms with Gasteiger partial charge in [0.15, 0.2) is 11.9 Å². The number of aromatic hydroxyl groups is 1. The normalized spacial score (nSPS) is 17.1. The quantitative estimate of drug-likeness (QED) is 0.565. The first-order chi connectivity index (χ1) is 14.7. The van der Waals surface area contributed by atoms with E-state index >= 15 is 0 Å². The Balaban J connectivity index is 1.81. The molecule has 0 saturated carbocycles. The number of β-amino-alcohol motifs (C(OH)–C–C–N with tert-alkyl or cyclic N) is 1. The number of anilines is 1. The van der Waals surface area contributed by atoms with Crippen LogP contribution in [0, 0.1) is 5.82 Å². The largest absolute Gasteiger partial charge is 0.508 e. The number of hydrogen-bond acceptors (Lipinski definition) is 4. The fraction of sp³-hybridized carbons (Fsp3) is 0.217. The number of hydrogen-bond donors (Lipinski definition) is 2. The fourth-order valence-corrected chi connectivity index (χ4v) is 3.73. The van der Waals surface area contributed by atoms with Gasteiger partial charge in [0.05, 0.1) is 18.3 Å². The molecule has 31 heavy (non-hydrogen) atoms. The average molecular weight is 433 g/mol. The number of alkyl halides is 3. The number of fused-ring (bicyclic) bond motifs is 1. The van der Waals surface area contributed by atoms with E-state index in [4.69, 9.17) is 4.74 Å². The zero-order valence-corrected chi connectivity index (χ0v) is 16.2. The molecule has 0 fully saturated rings. The van der Waals surface area contributed by atoms with E-state index < -0.39 is 30.7 Å². The van der Waals surface area contributed by atoms with Gasteiger partial charge in [0, 0.05) is 5.56 Å². The van der Waals surface area contributed by atoms with Gasteiger partial charge < -0.3 is 19.8 Å². The molecule has 1 aliphatic rings. The van der Waals surface area contributed by atoms with E-state index in [9.17, 15) is 27.8 Å². The smallest absolute Gasteiger partial charge is 0.416 e. The summed E-state index contributed by atoms with van der Waals surface area (Å²) in [4.78, 5) is 1.41. The van der Waals surface area contributed by atoms with Crippen molar-refractivity contribution < 1.29 is 32.5 Å². The lowest BCUT2D eigenvalue weighted by molar-refractivity contribution is -0.200. The zero-order chi connectivity index (χ0) is 22.2. The van der Waals surface area contributed by atoms with Crippen molar-refractivity contribution in [2.24, 2.45) is 0 Å². The monoisotopic (exact) mass is 433 g/mol. The van der Waals surface area contributed by atoms with Crippen LogP contribution in [0.1, 0.15) is 11.6 Å². The number of benzene rings is 3. The number of halogens is 4. The first kappa shape index (κ1) is 21.0. The van der Waals surface area contributed by atoms with Crippen molar-refractivity contribution in [2.75, 3.05) is 18.1 Å². The van der Waals surface area contributed by atoms with Gasteiger partial charge in [-0.3, -0.25) is 0 Å². The molecule has 0 bridgehead atoms. The van der Waals surface area contributed by atoms with Gasteiger partial charge in [-0.2, -0.15) is 13.2 Å². The Labute approximate surface area is 175 Å². The standard InChI is InChI=1S/C23H19F4NO3/c24-16-6-1-4-14(10-16)18-8-3-9-19-22(18)31-13-20(15-5-2-7-17(29)11-15)28(19)12-21(30)23(25,26)27/h1-11,20-21,29-30H,12-13H2. The van der Waals surface area contributed by atoms with Gasteiger partial charge in [-0.15, -0.1) is 0 Å². The van der Waals surface area contributed by atoms with E-state index in [1.165, 1.54) is 35.2 Å². The number of phenolic OH excluding ortho intramolecular Hbond substituents is 1. The zero-order valence-electron chi connectivity index (χ0n) is 16.2. The van der Waals surface area contributed by atoms with Crippen molar-refractivity contribution in [1.82, 2.24) is 0 Å². The molecule has 2 unspecified atom stereocenters. The van der Waals surface area contributed by atoms with Gasteiger partial charge in [0.2, 0.25) is 0 Å². The second kappa shape index (κ2) is 8.11. The Hall–Kier alpha value is -3.26. The molecule has 4 nitrogen and oxygen atoms in total. The second-order valence-corrected chi connectivity index (χ2v) is 7.30. The minimum Gasteiger partial charge on any atom is -0.508 e. The molecule has 1 heterocycles. The number of aliphatic hydroxyl groups excluding tert-OH is 1. The second-order valence-electron chi connectivity index (χ2n) is 7.30. The third-order valence-corrected chi connectivity index (χ3v) is 5.20. The molecule has 0 aliphatic carbocycles. The van der Waals surface area contributed by atoms with E-state index in [1.807, 2.05) is 0 Å². The minimum atomic E-state index is -4.80. The molecule has 0 spiro atoms. The molecular weight excluding hydrogens is 414 g/mol. The molecule has 0 aromatic heterocycles. The summed E-state index contributed by atoms with van der Waals surface area (Å²) in [6.07, 6.45) is -7.39. The van der Waals surface area contributed by atoms with Crippen LogP contribution in [-0.2, 0) is 0 Å². The first-order valence-corrected chi connectivity index (χ1v) is 9.56. The summed E-state index contributed by atoms with van der Waals surface area (Å²) < 4.78 is 59.2. The Morgan fingerprint density at radius 2 is 1.77 bits per heavy atom. The van der Waals surface area contributed by atoms with Gasteiger partial charge in [0.25, 0.3) is 0 Å². The van der Waals surface area contributed by atoms with E-state index in [1.54, 1.807) is 36.4 Å². The molecule has 0 radical (unpaired) electrons. The van der Waals surface area contributed by atoms with E-state index in [0.29, 0.717) is 28.1 Å². The number of phenols is 1. The number of rotatable bonds is 4. The van der Waals surface area contributed by atoms with Gasteiger partial charge >= 0.3 is 6.18 Å². The lowest BCUT2D eigenvalue weighted by atomic mass is 9.98. The van der Waals surface area contributed by atoms with Crippen molar-refractivity contribution in [1.29, 1.82) is 0 Å². The Morgan fingerprint density at radius 1 is 1.03 bits per heavy atom. The number of nitrogens with zero attached hydrogens (tertiary/aromatic N) is 1. The highest BCUT2D eigenvalue weighted by atomic mass is 19.4.